The minimum atomic E-state index is 0.547. The first-order chi connectivity index (χ1) is 7.66. The van der Waals surface area contributed by atoms with Gasteiger partial charge in [-0.15, -0.1) is 0 Å². The summed E-state index contributed by atoms with van der Waals surface area (Å²) in [7, 11) is 4.25. The monoisotopic (exact) mass is 218 g/mol. The molecule has 0 aromatic heterocycles. The Bertz CT molecular complexity index is 346. The van der Waals surface area contributed by atoms with Crippen molar-refractivity contribution in [3.8, 4) is 0 Å². The van der Waals surface area contributed by atoms with E-state index < -0.39 is 0 Å². The Kier molecular flexibility index (Phi) is 3.62. The van der Waals surface area contributed by atoms with Crippen molar-refractivity contribution in [3.63, 3.8) is 0 Å². The highest BCUT2D eigenvalue weighted by molar-refractivity contribution is 5.34. The van der Waals surface area contributed by atoms with E-state index >= 15 is 0 Å². The number of likely N-dealkylation sites (N-methyl/N-ethyl adjacent to an activating group) is 1. The molecule has 1 aromatic carbocycles. The van der Waals surface area contributed by atoms with Crippen LogP contribution < -0.4 is 5.32 Å². The standard InChI is InChI=1S/C14H22N2/c1-11(10-16(2)3)15-14-9-8-12-6-4-5-7-13(12)14/h4-7,11,14-15H,8-10H2,1-3H3. The molecule has 0 fully saturated rings. The van der Waals surface area contributed by atoms with Gasteiger partial charge in [0.05, 0.1) is 0 Å². The van der Waals surface area contributed by atoms with Gasteiger partial charge in [0.15, 0.2) is 0 Å². The van der Waals surface area contributed by atoms with Gasteiger partial charge in [0.2, 0.25) is 0 Å². The lowest BCUT2D eigenvalue weighted by Gasteiger charge is -2.23. The third kappa shape index (κ3) is 2.63. The maximum atomic E-state index is 3.72. The molecule has 0 heterocycles. The molecule has 2 nitrogen and oxygen atoms in total. The van der Waals surface area contributed by atoms with E-state index in [1.807, 2.05) is 0 Å². The Morgan fingerprint density at radius 1 is 1.38 bits per heavy atom. The molecule has 0 bridgehead atoms. The molecule has 0 spiro atoms. The first-order valence-corrected chi connectivity index (χ1v) is 6.15. The Morgan fingerprint density at radius 3 is 2.88 bits per heavy atom. The molecule has 88 valence electrons. The van der Waals surface area contributed by atoms with Crippen LogP contribution in [0, 0.1) is 0 Å². The molecule has 2 unspecified atom stereocenters. The van der Waals surface area contributed by atoms with Gasteiger partial charge >= 0.3 is 0 Å². The molecule has 1 aromatic rings. The van der Waals surface area contributed by atoms with Gasteiger partial charge in [-0.25, -0.2) is 0 Å². The Hall–Kier alpha value is -0.860. The van der Waals surface area contributed by atoms with Crippen LogP contribution in [0.15, 0.2) is 24.3 Å². The summed E-state index contributed by atoms with van der Waals surface area (Å²) in [4.78, 5) is 2.23. The number of fused-ring (bicyclic) bond motifs is 1. The summed E-state index contributed by atoms with van der Waals surface area (Å²) in [5, 5.41) is 3.72. The Labute approximate surface area is 98.7 Å². The number of aryl methyl sites for hydroxylation is 1. The summed E-state index contributed by atoms with van der Waals surface area (Å²) in [5.41, 5.74) is 3.03. The van der Waals surface area contributed by atoms with Crippen molar-refractivity contribution in [2.45, 2.75) is 31.8 Å². The van der Waals surface area contributed by atoms with Crippen LogP contribution in [0.5, 0.6) is 0 Å². The van der Waals surface area contributed by atoms with E-state index in [9.17, 15) is 0 Å². The zero-order valence-electron chi connectivity index (χ0n) is 10.5. The zero-order valence-corrected chi connectivity index (χ0v) is 10.5. The van der Waals surface area contributed by atoms with E-state index in [1.54, 1.807) is 0 Å². The van der Waals surface area contributed by atoms with Crippen LogP contribution in [0.25, 0.3) is 0 Å². The molecule has 16 heavy (non-hydrogen) atoms. The molecule has 2 rings (SSSR count). The highest BCUT2D eigenvalue weighted by Crippen LogP contribution is 2.30. The van der Waals surface area contributed by atoms with Gasteiger partial charge in [-0.3, -0.25) is 0 Å². The van der Waals surface area contributed by atoms with Crippen molar-refractivity contribution in [2.75, 3.05) is 20.6 Å². The van der Waals surface area contributed by atoms with Crippen molar-refractivity contribution in [1.82, 2.24) is 10.2 Å². The number of benzene rings is 1. The maximum Gasteiger partial charge on any atom is 0.0328 e. The van der Waals surface area contributed by atoms with Gasteiger partial charge in [0, 0.05) is 18.6 Å². The highest BCUT2D eigenvalue weighted by Gasteiger charge is 2.22. The Morgan fingerprint density at radius 2 is 2.12 bits per heavy atom. The lowest BCUT2D eigenvalue weighted by atomic mass is 10.1. The largest absolute Gasteiger partial charge is 0.308 e. The first kappa shape index (κ1) is 11.6. The molecule has 0 aliphatic heterocycles. The zero-order chi connectivity index (χ0) is 11.5. The van der Waals surface area contributed by atoms with Crippen LogP contribution in [0.3, 0.4) is 0 Å². The second-order valence-electron chi connectivity index (χ2n) is 5.12. The number of nitrogens with zero attached hydrogens (tertiary/aromatic N) is 1. The third-order valence-electron chi connectivity index (χ3n) is 3.26. The van der Waals surface area contributed by atoms with Crippen LogP contribution in [0.2, 0.25) is 0 Å². The van der Waals surface area contributed by atoms with Crippen LogP contribution in [0.4, 0.5) is 0 Å². The fourth-order valence-corrected chi connectivity index (χ4v) is 2.67. The summed E-state index contributed by atoms with van der Waals surface area (Å²) < 4.78 is 0. The summed E-state index contributed by atoms with van der Waals surface area (Å²) in [6, 6.07) is 9.92. The Balaban J connectivity index is 1.98. The normalized spacial score (nSPS) is 21.1. The topological polar surface area (TPSA) is 15.3 Å². The molecule has 1 N–H and O–H groups in total. The number of hydrogen-bond acceptors (Lipinski definition) is 2. The minimum absolute atomic E-state index is 0.547. The van der Waals surface area contributed by atoms with E-state index in [-0.39, 0.29) is 0 Å². The van der Waals surface area contributed by atoms with Gasteiger partial charge in [-0.2, -0.15) is 0 Å². The molecule has 0 amide bonds. The third-order valence-corrected chi connectivity index (χ3v) is 3.26. The molecule has 2 heteroatoms. The highest BCUT2D eigenvalue weighted by atomic mass is 15.1. The summed E-state index contributed by atoms with van der Waals surface area (Å²) >= 11 is 0. The van der Waals surface area contributed by atoms with Crippen molar-refractivity contribution in [3.05, 3.63) is 35.4 Å². The van der Waals surface area contributed by atoms with Gasteiger partial charge < -0.3 is 10.2 Å². The average molecular weight is 218 g/mol. The predicted molar refractivity (Wildman–Crippen MR) is 68.7 cm³/mol. The fraction of sp³-hybridized carbons (Fsp3) is 0.571. The average Bonchev–Trinajstić information content (AvgIpc) is 2.61. The lowest BCUT2D eigenvalue weighted by molar-refractivity contribution is 0.328. The smallest absolute Gasteiger partial charge is 0.0328 e. The van der Waals surface area contributed by atoms with Crippen molar-refractivity contribution >= 4 is 0 Å². The van der Waals surface area contributed by atoms with E-state index in [2.05, 4.69) is 55.5 Å². The first-order valence-electron chi connectivity index (χ1n) is 6.15. The quantitative estimate of drug-likeness (QED) is 0.833. The minimum Gasteiger partial charge on any atom is -0.308 e. The predicted octanol–water partition coefficient (Wildman–Crippen LogP) is 2.21. The SMILES string of the molecule is CC(CN(C)C)NC1CCc2ccccc21. The molecule has 0 saturated heterocycles. The van der Waals surface area contributed by atoms with Crippen molar-refractivity contribution in [1.29, 1.82) is 0 Å². The molecule has 1 aliphatic rings. The maximum absolute atomic E-state index is 3.72. The van der Waals surface area contributed by atoms with E-state index in [4.69, 9.17) is 0 Å². The van der Waals surface area contributed by atoms with Gasteiger partial charge in [-0.05, 0) is 45.0 Å². The van der Waals surface area contributed by atoms with Crippen molar-refractivity contribution in [2.24, 2.45) is 0 Å². The van der Waals surface area contributed by atoms with Crippen LogP contribution in [0.1, 0.15) is 30.5 Å². The van der Waals surface area contributed by atoms with Crippen molar-refractivity contribution < 1.29 is 0 Å². The fourth-order valence-electron chi connectivity index (χ4n) is 2.67. The number of rotatable bonds is 4. The molecule has 2 atom stereocenters. The van der Waals surface area contributed by atoms with Crippen LogP contribution >= 0.6 is 0 Å². The second-order valence-corrected chi connectivity index (χ2v) is 5.12. The number of hydrogen-bond donors (Lipinski definition) is 1. The molecular formula is C14H22N2. The summed E-state index contributed by atoms with van der Waals surface area (Å²) in [6.45, 7) is 3.36. The second kappa shape index (κ2) is 4.98. The van der Waals surface area contributed by atoms with E-state index in [1.165, 1.54) is 24.0 Å². The van der Waals surface area contributed by atoms with Gasteiger partial charge in [0.25, 0.3) is 0 Å². The molecule has 0 saturated carbocycles. The van der Waals surface area contributed by atoms with Gasteiger partial charge in [0.1, 0.15) is 0 Å². The van der Waals surface area contributed by atoms with E-state index in [0.717, 1.165) is 6.54 Å². The van der Waals surface area contributed by atoms with Gasteiger partial charge in [-0.1, -0.05) is 24.3 Å². The molecular weight excluding hydrogens is 196 g/mol. The lowest BCUT2D eigenvalue weighted by Crippen LogP contribution is -2.37. The van der Waals surface area contributed by atoms with E-state index in [0.29, 0.717) is 12.1 Å². The number of nitrogens with one attached hydrogen (secondary N) is 1. The molecule has 0 radical (unpaired) electrons. The van der Waals surface area contributed by atoms with Crippen LogP contribution in [-0.4, -0.2) is 31.6 Å². The van der Waals surface area contributed by atoms with Crippen LogP contribution in [-0.2, 0) is 6.42 Å². The molecule has 1 aliphatic carbocycles. The summed E-state index contributed by atoms with van der Waals surface area (Å²) in [5.74, 6) is 0. The summed E-state index contributed by atoms with van der Waals surface area (Å²) in [6.07, 6.45) is 2.47.